The van der Waals surface area contributed by atoms with Gasteiger partial charge in [0.15, 0.2) is 0 Å². The first-order chi connectivity index (χ1) is 0. The molecule has 120 valence electrons. The van der Waals surface area contributed by atoms with E-state index in [1.165, 1.54) is 0 Å². The van der Waals surface area contributed by atoms with Crippen LogP contribution in [0.5, 0.6) is 0 Å². The maximum absolute atomic E-state index is 0. The normalized spacial score (nSPS) is 0. The van der Waals surface area contributed by atoms with E-state index in [4.69, 9.17) is 0 Å². The molecule has 4 radical (unpaired) electrons. The van der Waals surface area contributed by atoms with Gasteiger partial charge in [-0.2, -0.15) is 0 Å². The van der Waals surface area contributed by atoms with Crippen molar-refractivity contribution in [2.24, 2.45) is 0 Å². The van der Waals surface area contributed by atoms with Crippen LogP contribution in [0.2, 0.25) is 0 Å². The van der Waals surface area contributed by atoms with Crippen molar-refractivity contribution < 1.29 is 214 Å². The molecule has 0 aliphatic carbocycles. The van der Waals surface area contributed by atoms with Crippen molar-refractivity contribution in [3.05, 3.63) is 0 Å². The van der Waals surface area contributed by atoms with Crippen LogP contribution in [0.25, 0.3) is 0 Å². The van der Waals surface area contributed by atoms with Crippen molar-refractivity contribution >= 4 is 91.0 Å². The van der Waals surface area contributed by atoms with Crippen LogP contribution in [0, 0.1) is 71.2 Å². The maximum Gasteiger partial charge on any atom is 3.00 e. The molecular weight excluding hydrogens is 867 g/mol. The van der Waals surface area contributed by atoms with Crippen molar-refractivity contribution in [3.63, 3.8) is 0 Å². The second-order valence-electron chi connectivity index (χ2n) is 0. The SMILES string of the molecule is [Cr+3].[Cr+3].[La+3].[La+3].[O-2].[O-2].[O-2].[O-2].[O-2].[O-2].[O-2].[O-2].[O-2].[O-2].[O-2].[O-2].[O-2].[Sr+2].[Sr+2].[V].[V]. The Kier molecular flexibility index (Phi) is 7230. The molecule has 0 fully saturated rings. The third kappa shape index (κ3) is 341. The fourth-order valence-electron chi connectivity index (χ4n) is 0. The summed E-state index contributed by atoms with van der Waals surface area (Å²) in [4.78, 5) is 0. The summed E-state index contributed by atoms with van der Waals surface area (Å²) in [5, 5.41) is 0. The minimum Gasteiger partial charge on any atom is -2.00 e. The van der Waals surface area contributed by atoms with E-state index in [1.54, 1.807) is 0 Å². The van der Waals surface area contributed by atoms with E-state index in [-0.39, 0.29) is 305 Å². The van der Waals surface area contributed by atoms with Crippen molar-refractivity contribution in [2.45, 2.75) is 0 Å². The Morgan fingerprint density at radius 1 is 0.238 bits per heavy atom. The first-order valence-corrected chi connectivity index (χ1v) is 0. The molecule has 13 nitrogen and oxygen atoms in total. The average molecular weight is 867 g/mol. The summed E-state index contributed by atoms with van der Waals surface area (Å²) in [6, 6.07) is 0. The van der Waals surface area contributed by atoms with E-state index in [9.17, 15) is 0 Å². The van der Waals surface area contributed by atoms with Gasteiger partial charge >= 0.3 is 197 Å². The molecule has 0 N–H and O–H groups in total. The summed E-state index contributed by atoms with van der Waals surface area (Å²) in [5.74, 6) is 0. The second kappa shape index (κ2) is 368. The minimum atomic E-state index is 0. The molecule has 21 heteroatoms. The third-order valence-electron chi connectivity index (χ3n) is 0. The molecular formula is Cr2La2O13Sr2V2-10. The Morgan fingerprint density at radius 3 is 0.238 bits per heavy atom. The van der Waals surface area contributed by atoms with E-state index >= 15 is 0 Å². The second-order valence-corrected chi connectivity index (χ2v) is 0. The van der Waals surface area contributed by atoms with Gasteiger partial charge in [-0.1, -0.05) is 0 Å². The van der Waals surface area contributed by atoms with Gasteiger partial charge in [0.1, 0.15) is 0 Å². The van der Waals surface area contributed by atoms with Gasteiger partial charge in [-0.05, 0) is 0 Å². The molecule has 0 atom stereocenters. The Balaban J connectivity index is 0. The van der Waals surface area contributed by atoms with Gasteiger partial charge in [-0.15, -0.1) is 0 Å². The third-order valence-corrected chi connectivity index (χ3v) is 0. The van der Waals surface area contributed by atoms with Crippen LogP contribution in [0.4, 0.5) is 0 Å². The Hall–Kier alpha value is 7.06. The first kappa shape index (κ1) is 412. The summed E-state index contributed by atoms with van der Waals surface area (Å²) in [6.45, 7) is 0. The predicted molar refractivity (Wildman–Crippen MR) is 20.4 cm³/mol. The molecule has 0 aromatic rings. The van der Waals surface area contributed by atoms with Crippen molar-refractivity contribution in [3.8, 4) is 0 Å². The quantitative estimate of drug-likeness (QED) is 0.232. The Labute approximate surface area is 297 Å². The van der Waals surface area contributed by atoms with E-state index in [0.29, 0.717) is 0 Å². The summed E-state index contributed by atoms with van der Waals surface area (Å²) in [7, 11) is 0. The molecule has 0 amide bonds. The molecule has 0 aliphatic heterocycles. The zero-order chi connectivity index (χ0) is 0. The summed E-state index contributed by atoms with van der Waals surface area (Å²) < 4.78 is 0. The minimum absolute atomic E-state index is 0. The fourth-order valence-corrected chi connectivity index (χ4v) is 0. The summed E-state index contributed by atoms with van der Waals surface area (Å²) in [6.07, 6.45) is 0. The molecule has 0 aliphatic rings. The molecule has 0 unspecified atom stereocenters. The molecule has 0 heterocycles. The molecule has 0 spiro atoms. The monoisotopic (exact) mass is 867 g/mol. The topological polar surface area (TPSA) is 370 Å². The van der Waals surface area contributed by atoms with Crippen LogP contribution < -0.4 is 0 Å². The molecule has 0 bridgehead atoms. The molecule has 0 aromatic heterocycles. The van der Waals surface area contributed by atoms with Crippen LogP contribution in [-0.4, -0.2) is 91.0 Å². The van der Waals surface area contributed by atoms with Crippen LogP contribution >= 0.6 is 0 Å². The molecule has 21 heavy (non-hydrogen) atoms. The van der Waals surface area contributed by atoms with E-state index in [1.807, 2.05) is 0 Å². The van der Waals surface area contributed by atoms with Gasteiger partial charge in [0.25, 0.3) is 0 Å². The van der Waals surface area contributed by atoms with Crippen molar-refractivity contribution in [1.29, 1.82) is 0 Å². The smallest absolute Gasteiger partial charge is 2.00 e. The Morgan fingerprint density at radius 2 is 0.238 bits per heavy atom. The van der Waals surface area contributed by atoms with Gasteiger partial charge in [0.2, 0.25) is 0 Å². The molecule has 0 saturated heterocycles. The molecule has 0 aromatic carbocycles. The Bertz CT molecular complexity index is 36.1. The van der Waals surface area contributed by atoms with Crippen LogP contribution in [0.1, 0.15) is 0 Å². The summed E-state index contributed by atoms with van der Waals surface area (Å²) in [5.41, 5.74) is 0. The van der Waals surface area contributed by atoms with Crippen LogP contribution in [0.3, 0.4) is 0 Å². The number of hydrogen-bond donors (Lipinski definition) is 0. The van der Waals surface area contributed by atoms with Gasteiger partial charge in [-0.3, -0.25) is 0 Å². The first-order valence-electron chi connectivity index (χ1n) is 0. The van der Waals surface area contributed by atoms with E-state index < -0.39 is 0 Å². The fraction of sp³-hybridized carbons (Fsp3) is 0. The number of rotatable bonds is 0. The van der Waals surface area contributed by atoms with Crippen LogP contribution in [0.15, 0.2) is 0 Å². The number of hydrogen-bond acceptors (Lipinski definition) is 0. The van der Waals surface area contributed by atoms with Crippen molar-refractivity contribution in [2.75, 3.05) is 0 Å². The largest absolute Gasteiger partial charge is 3.00 e. The maximum atomic E-state index is 0. The van der Waals surface area contributed by atoms with Gasteiger partial charge in [0, 0.05) is 37.1 Å². The zero-order valence-electron chi connectivity index (χ0n) is 9.59. The van der Waals surface area contributed by atoms with Crippen molar-refractivity contribution in [1.82, 2.24) is 0 Å². The zero-order valence-corrected chi connectivity index (χ0v) is 29.1. The van der Waals surface area contributed by atoms with Gasteiger partial charge in [0.05, 0.1) is 0 Å². The molecule has 0 rings (SSSR count). The van der Waals surface area contributed by atoms with E-state index in [0.717, 1.165) is 0 Å². The molecule has 0 saturated carbocycles. The van der Waals surface area contributed by atoms with Gasteiger partial charge in [-0.25, -0.2) is 0 Å². The summed E-state index contributed by atoms with van der Waals surface area (Å²) >= 11 is 0. The average Bonchev–Trinajstić information content (AvgIpc) is 0. The van der Waals surface area contributed by atoms with E-state index in [2.05, 4.69) is 0 Å². The predicted octanol–water partition coefficient (Wildman–Crippen LogP) is -2.32. The van der Waals surface area contributed by atoms with Gasteiger partial charge < -0.3 is 71.2 Å². The van der Waals surface area contributed by atoms with Crippen LogP contribution in [-0.2, 0) is 143 Å². The standard InChI is InChI=1S/2Cr.2La.13O.2Sr.2V/q4*+3;13*-2;2*+2;;.